The molecule has 0 aliphatic heterocycles. The number of rotatable bonds is 14. The molecule has 0 radical (unpaired) electrons. The molecule has 0 spiro atoms. The number of hydrogen-bond donors (Lipinski definition) is 1. The largest absolute Gasteiger partial charge is 0.312 e. The molecule has 6 heteroatoms. The molecule has 0 amide bonds. The lowest BCUT2D eigenvalue weighted by molar-refractivity contribution is 0.636. The average Bonchev–Trinajstić information content (AvgIpc) is 4.01. The Labute approximate surface area is 431 Å². The van der Waals surface area contributed by atoms with Gasteiger partial charge in [0, 0.05) is 16.9 Å². The van der Waals surface area contributed by atoms with E-state index in [1.54, 1.807) is 0 Å². The molecule has 350 valence electrons. The van der Waals surface area contributed by atoms with Crippen molar-refractivity contribution in [1.82, 2.24) is 18.5 Å². The summed E-state index contributed by atoms with van der Waals surface area (Å²) in [5.74, 6) is 3.00. The van der Waals surface area contributed by atoms with Gasteiger partial charge in [-0.15, -0.1) is 0 Å². The fourth-order valence-corrected chi connectivity index (χ4v) is 12.1. The van der Waals surface area contributed by atoms with E-state index < -0.39 is 0 Å². The van der Waals surface area contributed by atoms with Crippen LogP contribution in [0.2, 0.25) is 0 Å². The monoisotopic (exact) mass is 966 g/mol. The van der Waals surface area contributed by atoms with Crippen molar-refractivity contribution in [2.75, 3.05) is 5.75 Å². The predicted octanol–water partition coefficient (Wildman–Crippen LogP) is 18.9. The lowest BCUT2D eigenvalue weighted by atomic mass is 9.84. The summed E-state index contributed by atoms with van der Waals surface area (Å²) in [4.78, 5) is 10.5. The minimum absolute atomic E-state index is 0.0195. The molecule has 0 aliphatic rings. The fraction of sp³-hybridized carbons (Fsp3) is 0.121. The maximum atomic E-state index is 5.29. The van der Waals surface area contributed by atoms with Gasteiger partial charge in [0.1, 0.15) is 5.82 Å². The van der Waals surface area contributed by atoms with Crippen LogP contribution in [0.4, 0.5) is 0 Å². The van der Waals surface area contributed by atoms with Crippen molar-refractivity contribution in [3.63, 3.8) is 0 Å². The van der Waals surface area contributed by atoms with Crippen LogP contribution in [0.3, 0.4) is 0 Å². The third kappa shape index (κ3) is 8.48. The Kier molecular flexibility index (Phi) is 12.6. The molecule has 0 bridgehead atoms. The second-order valence-electron chi connectivity index (χ2n) is 18.7. The van der Waals surface area contributed by atoms with E-state index in [0.29, 0.717) is 0 Å². The normalized spacial score (nSPS) is 12.1. The summed E-state index contributed by atoms with van der Waals surface area (Å²) in [6, 6.07) is 79.5. The van der Waals surface area contributed by atoms with Crippen LogP contribution in [0.15, 0.2) is 218 Å². The highest BCUT2D eigenvalue weighted by atomic mass is 32.2. The van der Waals surface area contributed by atoms with Crippen molar-refractivity contribution in [3.8, 4) is 78.4 Å². The van der Waals surface area contributed by atoms with E-state index in [1.807, 2.05) is 11.9 Å². The maximum absolute atomic E-state index is 5.29. The van der Waals surface area contributed by atoms with Crippen LogP contribution in [0.25, 0.3) is 122 Å². The van der Waals surface area contributed by atoms with Crippen LogP contribution in [0.5, 0.6) is 0 Å². The van der Waals surface area contributed by atoms with E-state index in [0.717, 1.165) is 80.1 Å². The molecule has 12 aromatic rings. The lowest BCUT2D eigenvalue weighted by Gasteiger charge is -2.20. The summed E-state index contributed by atoms with van der Waals surface area (Å²) < 4.78 is 4.63. The highest BCUT2D eigenvalue weighted by Gasteiger charge is 2.22. The quantitative estimate of drug-likeness (QED) is 0.0670. The van der Waals surface area contributed by atoms with Crippen LogP contribution in [0.1, 0.15) is 44.9 Å². The van der Waals surface area contributed by atoms with Crippen molar-refractivity contribution in [3.05, 3.63) is 218 Å². The van der Waals surface area contributed by atoms with Crippen LogP contribution in [0, 0.1) is 0 Å². The average molecular weight is 967 g/mol. The van der Waals surface area contributed by atoms with Gasteiger partial charge >= 0.3 is 0 Å². The number of unbranched alkanes of at least 4 members (excludes halogenated alkanes) is 1. The molecule has 2 heterocycles. The van der Waals surface area contributed by atoms with Crippen LogP contribution < -0.4 is 0 Å². The highest BCUT2D eigenvalue weighted by Crippen LogP contribution is 2.46. The van der Waals surface area contributed by atoms with Crippen molar-refractivity contribution in [1.29, 1.82) is 0 Å². The van der Waals surface area contributed by atoms with Crippen LogP contribution >= 0.6 is 24.6 Å². The summed E-state index contributed by atoms with van der Waals surface area (Å²) in [5.41, 5.74) is 18.3. The highest BCUT2D eigenvalue weighted by molar-refractivity contribution is 7.98. The lowest BCUT2D eigenvalue weighted by Crippen LogP contribution is -2.04. The Morgan fingerprint density at radius 1 is 0.403 bits per heavy atom. The van der Waals surface area contributed by atoms with Gasteiger partial charge in [0.15, 0.2) is 5.82 Å². The van der Waals surface area contributed by atoms with E-state index in [1.165, 1.54) is 73.3 Å². The third-order valence-corrected chi connectivity index (χ3v) is 15.6. The van der Waals surface area contributed by atoms with Crippen molar-refractivity contribution >= 4 is 68.2 Å². The topological polar surface area (TPSA) is 35.6 Å². The molecule has 12 rings (SSSR count). The van der Waals surface area contributed by atoms with E-state index in [9.17, 15) is 0 Å². The molecule has 0 aliphatic carbocycles. The first-order valence-corrected chi connectivity index (χ1v) is 26.7. The van der Waals surface area contributed by atoms with Gasteiger partial charge in [-0.25, -0.2) is 9.97 Å². The molecule has 0 saturated carbocycles. The standard InChI is InChI=1S/C66H54N4S2/c1-3-5-39-72-70-61-38-34-52(42-59(61)68-66(70)49-25-16-9-17-26-49)45-29-27-44(28-30-45)50-31-35-54-56(40-50)63(46-19-10-6-11-20-46)55-36-32-51(41-57(55)64(54)47-21-12-7-13-22-47)53-33-37-60-58(43-53)67-65(48-23-14-8-15-24-48)69(60)62(71)18-4-2/h6-17,19-38,40-43,62,71H,3-5,18,39H2,1-2H3. The number of aromatic nitrogens is 4. The number of benzene rings is 10. The second-order valence-corrected chi connectivity index (χ2v) is 20.3. The number of thiol groups is 1. The molecule has 0 fully saturated rings. The first kappa shape index (κ1) is 45.5. The van der Waals surface area contributed by atoms with Gasteiger partial charge < -0.3 is 4.57 Å². The predicted molar refractivity (Wildman–Crippen MR) is 312 cm³/mol. The third-order valence-electron chi connectivity index (χ3n) is 14.1. The van der Waals surface area contributed by atoms with E-state index in [-0.39, 0.29) is 5.37 Å². The Balaban J connectivity index is 0.967. The van der Waals surface area contributed by atoms with Crippen LogP contribution in [-0.2, 0) is 0 Å². The Morgan fingerprint density at radius 3 is 1.35 bits per heavy atom. The van der Waals surface area contributed by atoms with Gasteiger partial charge in [-0.2, -0.15) is 12.6 Å². The van der Waals surface area contributed by atoms with Gasteiger partial charge in [0.2, 0.25) is 0 Å². The molecule has 72 heavy (non-hydrogen) atoms. The Morgan fingerprint density at radius 2 is 0.819 bits per heavy atom. The summed E-state index contributed by atoms with van der Waals surface area (Å²) in [5, 5.41) is 4.90. The smallest absolute Gasteiger partial charge is 0.151 e. The minimum atomic E-state index is 0.0195. The summed E-state index contributed by atoms with van der Waals surface area (Å²) >= 11 is 6.96. The zero-order valence-electron chi connectivity index (χ0n) is 40.5. The number of fused-ring (bicyclic) bond motifs is 4. The Bertz CT molecular complexity index is 3880. The molecule has 0 saturated heterocycles. The number of nitrogens with zero attached hydrogens (tertiary/aromatic N) is 4. The first-order chi connectivity index (χ1) is 35.5. The summed E-state index contributed by atoms with van der Waals surface area (Å²) in [7, 11) is 0. The van der Waals surface area contributed by atoms with Gasteiger partial charge in [-0.1, -0.05) is 209 Å². The first-order valence-electron chi connectivity index (χ1n) is 25.3. The van der Waals surface area contributed by atoms with E-state index in [4.69, 9.17) is 22.6 Å². The van der Waals surface area contributed by atoms with Crippen molar-refractivity contribution in [2.45, 2.75) is 44.9 Å². The van der Waals surface area contributed by atoms with Gasteiger partial charge in [-0.3, -0.25) is 3.97 Å². The molecule has 1 atom stereocenters. The van der Waals surface area contributed by atoms with E-state index >= 15 is 0 Å². The molecule has 4 nitrogen and oxygen atoms in total. The molecule has 1 unspecified atom stereocenters. The molecule has 0 N–H and O–H groups in total. The summed E-state index contributed by atoms with van der Waals surface area (Å²) in [6.45, 7) is 4.46. The number of imidazole rings is 2. The summed E-state index contributed by atoms with van der Waals surface area (Å²) in [6.07, 6.45) is 4.33. The van der Waals surface area contributed by atoms with Crippen LogP contribution in [-0.4, -0.2) is 24.3 Å². The van der Waals surface area contributed by atoms with Crippen molar-refractivity contribution in [2.24, 2.45) is 0 Å². The van der Waals surface area contributed by atoms with Gasteiger partial charge in [0.25, 0.3) is 0 Å². The maximum Gasteiger partial charge on any atom is 0.151 e. The fourth-order valence-electron chi connectivity index (χ4n) is 10.5. The second kappa shape index (κ2) is 19.9. The zero-order valence-corrected chi connectivity index (χ0v) is 42.3. The Hall–Kier alpha value is -7.64. The van der Waals surface area contributed by atoms with Crippen molar-refractivity contribution < 1.29 is 0 Å². The molecule has 2 aromatic heterocycles. The number of hydrogen-bond acceptors (Lipinski definition) is 4. The minimum Gasteiger partial charge on any atom is -0.312 e. The molecular weight excluding hydrogens is 913 g/mol. The molecule has 10 aromatic carbocycles. The SMILES string of the molecule is CCCCSn1c(-c2ccccc2)nc2cc(-c3ccc(-c4ccc5c(-c6ccccc6)c6cc(-c7ccc8c(c7)nc(-c7ccccc7)n8C(S)CCC)ccc6c(-c6ccccc6)c5c4)cc3)ccc21. The van der Waals surface area contributed by atoms with E-state index in [2.05, 4.69) is 241 Å². The zero-order chi connectivity index (χ0) is 48.5. The van der Waals surface area contributed by atoms with Gasteiger partial charge in [-0.05, 0) is 138 Å². The molecular formula is C66H54N4S2. The van der Waals surface area contributed by atoms with Gasteiger partial charge in [0.05, 0.1) is 27.4 Å².